The third-order valence-electron chi connectivity index (χ3n) is 3.39. The molecule has 0 bridgehead atoms. The molecule has 0 saturated carbocycles. The molecule has 0 saturated heterocycles. The molecule has 1 aromatic carbocycles. The van der Waals surface area contributed by atoms with E-state index in [0.29, 0.717) is 17.8 Å². The molecule has 0 aliphatic rings. The van der Waals surface area contributed by atoms with Crippen molar-refractivity contribution in [2.24, 2.45) is 0 Å². The van der Waals surface area contributed by atoms with Gasteiger partial charge in [-0.25, -0.2) is 4.79 Å². The summed E-state index contributed by atoms with van der Waals surface area (Å²) < 4.78 is 0. The molecule has 3 N–H and O–H groups in total. The third kappa shape index (κ3) is 7.67. The fourth-order valence-corrected chi connectivity index (χ4v) is 2.16. The number of amides is 3. The first-order chi connectivity index (χ1) is 10.7. The van der Waals surface area contributed by atoms with Gasteiger partial charge in [0.05, 0.1) is 0 Å². The molecule has 0 atom stereocenters. The molecule has 0 spiro atoms. The van der Waals surface area contributed by atoms with Gasteiger partial charge in [-0.2, -0.15) is 0 Å². The van der Waals surface area contributed by atoms with Crippen LogP contribution in [0.3, 0.4) is 0 Å². The first kappa shape index (κ1) is 18.0. The fraction of sp³-hybridized carbons (Fsp3) is 0.529. The lowest BCUT2D eigenvalue weighted by molar-refractivity contribution is -0.116. The standard InChI is InChI=1S/C17H27N3O2/c1-3-4-5-6-7-8-12-16(21)19-14-10-9-11-15(13-14)20-17(22)18-2/h9-11,13H,3-8,12H2,1-2H3,(H,19,21)(H2,18,20,22). The van der Waals surface area contributed by atoms with Crippen LogP contribution in [0.15, 0.2) is 24.3 Å². The Bertz CT molecular complexity index is 475. The van der Waals surface area contributed by atoms with E-state index in [1.807, 2.05) is 6.07 Å². The third-order valence-corrected chi connectivity index (χ3v) is 3.39. The molecule has 0 fully saturated rings. The van der Waals surface area contributed by atoms with Crippen LogP contribution < -0.4 is 16.0 Å². The maximum atomic E-state index is 11.9. The highest BCUT2D eigenvalue weighted by Gasteiger charge is 2.04. The second kappa shape index (κ2) is 10.7. The average Bonchev–Trinajstić information content (AvgIpc) is 2.51. The number of rotatable bonds is 9. The van der Waals surface area contributed by atoms with E-state index in [-0.39, 0.29) is 11.9 Å². The smallest absolute Gasteiger partial charge is 0.318 e. The second-order valence-electron chi connectivity index (χ2n) is 5.35. The number of carbonyl (C=O) groups excluding carboxylic acids is 2. The van der Waals surface area contributed by atoms with Gasteiger partial charge in [0, 0.05) is 24.8 Å². The first-order valence-electron chi connectivity index (χ1n) is 8.04. The van der Waals surface area contributed by atoms with Crippen LogP contribution in [0.1, 0.15) is 51.9 Å². The molecule has 0 heterocycles. The number of hydrogen-bond acceptors (Lipinski definition) is 2. The molecule has 5 heteroatoms. The lowest BCUT2D eigenvalue weighted by Crippen LogP contribution is -2.24. The number of carbonyl (C=O) groups is 2. The highest BCUT2D eigenvalue weighted by molar-refractivity contribution is 5.93. The van der Waals surface area contributed by atoms with Gasteiger partial charge in [0.15, 0.2) is 0 Å². The summed E-state index contributed by atoms with van der Waals surface area (Å²) in [5, 5.41) is 8.03. The molecule has 0 radical (unpaired) electrons. The molecule has 22 heavy (non-hydrogen) atoms. The van der Waals surface area contributed by atoms with E-state index in [9.17, 15) is 9.59 Å². The van der Waals surface area contributed by atoms with E-state index in [2.05, 4.69) is 22.9 Å². The Morgan fingerprint density at radius 1 is 0.955 bits per heavy atom. The number of hydrogen-bond donors (Lipinski definition) is 3. The molecular weight excluding hydrogens is 278 g/mol. The summed E-state index contributed by atoms with van der Waals surface area (Å²) in [6.45, 7) is 2.19. The van der Waals surface area contributed by atoms with Crippen molar-refractivity contribution in [1.82, 2.24) is 5.32 Å². The van der Waals surface area contributed by atoms with Crippen molar-refractivity contribution in [3.05, 3.63) is 24.3 Å². The van der Waals surface area contributed by atoms with E-state index in [1.165, 1.54) is 25.7 Å². The van der Waals surface area contributed by atoms with Gasteiger partial charge in [-0.15, -0.1) is 0 Å². The van der Waals surface area contributed by atoms with Crippen molar-refractivity contribution in [1.29, 1.82) is 0 Å². The van der Waals surface area contributed by atoms with Gasteiger partial charge in [-0.05, 0) is 24.6 Å². The summed E-state index contributed by atoms with van der Waals surface area (Å²) in [6, 6.07) is 6.85. The largest absolute Gasteiger partial charge is 0.341 e. The number of benzene rings is 1. The average molecular weight is 305 g/mol. The number of anilines is 2. The van der Waals surface area contributed by atoms with Crippen molar-refractivity contribution >= 4 is 23.3 Å². The molecule has 0 unspecified atom stereocenters. The predicted molar refractivity (Wildman–Crippen MR) is 91.1 cm³/mol. The number of nitrogens with one attached hydrogen (secondary N) is 3. The molecule has 122 valence electrons. The van der Waals surface area contributed by atoms with Crippen molar-refractivity contribution in [3.8, 4) is 0 Å². The van der Waals surface area contributed by atoms with Gasteiger partial charge >= 0.3 is 6.03 Å². The fourth-order valence-electron chi connectivity index (χ4n) is 2.16. The van der Waals surface area contributed by atoms with Crippen molar-refractivity contribution in [2.45, 2.75) is 51.9 Å². The lowest BCUT2D eigenvalue weighted by atomic mass is 10.1. The summed E-state index contributed by atoms with van der Waals surface area (Å²) >= 11 is 0. The van der Waals surface area contributed by atoms with Gasteiger partial charge < -0.3 is 16.0 Å². The summed E-state index contributed by atoms with van der Waals surface area (Å²) in [5.41, 5.74) is 1.35. The first-order valence-corrected chi connectivity index (χ1v) is 8.04. The Morgan fingerprint density at radius 3 is 2.27 bits per heavy atom. The van der Waals surface area contributed by atoms with Crippen LogP contribution in [-0.4, -0.2) is 19.0 Å². The zero-order valence-corrected chi connectivity index (χ0v) is 13.6. The minimum absolute atomic E-state index is 0.0209. The van der Waals surface area contributed by atoms with Gasteiger partial charge in [0.1, 0.15) is 0 Å². The van der Waals surface area contributed by atoms with Crippen LogP contribution >= 0.6 is 0 Å². The Hall–Kier alpha value is -2.04. The van der Waals surface area contributed by atoms with Gasteiger partial charge in [0.25, 0.3) is 0 Å². The molecule has 1 aromatic rings. The molecule has 0 aliphatic carbocycles. The Morgan fingerprint density at radius 2 is 1.59 bits per heavy atom. The SMILES string of the molecule is CCCCCCCCC(=O)Nc1cccc(NC(=O)NC)c1. The molecule has 3 amide bonds. The highest BCUT2D eigenvalue weighted by Crippen LogP contribution is 2.16. The van der Waals surface area contributed by atoms with Crippen molar-refractivity contribution in [2.75, 3.05) is 17.7 Å². The molecule has 0 aromatic heterocycles. The topological polar surface area (TPSA) is 70.2 Å². The summed E-state index contributed by atoms with van der Waals surface area (Å²) in [6.07, 6.45) is 7.53. The monoisotopic (exact) mass is 305 g/mol. The Labute approximate surface area is 132 Å². The second-order valence-corrected chi connectivity index (χ2v) is 5.35. The van der Waals surface area contributed by atoms with E-state index in [0.717, 1.165) is 12.8 Å². The minimum atomic E-state index is -0.282. The normalized spacial score (nSPS) is 10.1. The molecule has 1 rings (SSSR count). The van der Waals surface area contributed by atoms with E-state index >= 15 is 0 Å². The zero-order chi connectivity index (χ0) is 16.2. The quantitative estimate of drug-likeness (QED) is 0.600. The van der Waals surface area contributed by atoms with E-state index in [1.54, 1.807) is 25.2 Å². The van der Waals surface area contributed by atoms with Crippen LogP contribution in [0.4, 0.5) is 16.2 Å². The van der Waals surface area contributed by atoms with Crippen LogP contribution in [-0.2, 0) is 4.79 Å². The molecule has 5 nitrogen and oxygen atoms in total. The highest BCUT2D eigenvalue weighted by atomic mass is 16.2. The number of unbranched alkanes of at least 4 members (excludes halogenated alkanes) is 5. The van der Waals surface area contributed by atoms with Crippen LogP contribution in [0, 0.1) is 0 Å². The summed E-state index contributed by atoms with van der Waals surface area (Å²) in [4.78, 5) is 23.1. The lowest BCUT2D eigenvalue weighted by Gasteiger charge is -2.08. The summed E-state index contributed by atoms with van der Waals surface area (Å²) in [5.74, 6) is 0.0209. The number of urea groups is 1. The van der Waals surface area contributed by atoms with E-state index < -0.39 is 0 Å². The maximum absolute atomic E-state index is 11.9. The van der Waals surface area contributed by atoms with Gasteiger partial charge in [-0.1, -0.05) is 45.1 Å². The Balaban J connectivity index is 2.31. The molecule has 0 aliphatic heterocycles. The summed E-state index contributed by atoms with van der Waals surface area (Å²) in [7, 11) is 1.56. The van der Waals surface area contributed by atoms with Crippen molar-refractivity contribution in [3.63, 3.8) is 0 Å². The zero-order valence-electron chi connectivity index (χ0n) is 13.6. The van der Waals surface area contributed by atoms with Crippen molar-refractivity contribution < 1.29 is 9.59 Å². The van der Waals surface area contributed by atoms with Crippen LogP contribution in [0.25, 0.3) is 0 Å². The minimum Gasteiger partial charge on any atom is -0.341 e. The molecular formula is C17H27N3O2. The van der Waals surface area contributed by atoms with E-state index in [4.69, 9.17) is 0 Å². The van der Waals surface area contributed by atoms with Gasteiger partial charge in [0.2, 0.25) is 5.91 Å². The predicted octanol–water partition coefficient (Wildman–Crippen LogP) is 4.13. The Kier molecular flexibility index (Phi) is 8.72. The van der Waals surface area contributed by atoms with Crippen LogP contribution in [0.2, 0.25) is 0 Å². The van der Waals surface area contributed by atoms with Crippen LogP contribution in [0.5, 0.6) is 0 Å². The maximum Gasteiger partial charge on any atom is 0.318 e. The van der Waals surface area contributed by atoms with Gasteiger partial charge in [-0.3, -0.25) is 4.79 Å².